The molecule has 0 saturated heterocycles. The van der Waals surface area contributed by atoms with Crippen LogP contribution in [0.3, 0.4) is 0 Å². The van der Waals surface area contributed by atoms with E-state index in [-0.39, 0.29) is 5.97 Å². The summed E-state index contributed by atoms with van der Waals surface area (Å²) in [6.45, 7) is 11.9. The normalized spacial score (nSPS) is 14.6. The van der Waals surface area contributed by atoms with E-state index in [9.17, 15) is 4.79 Å². The highest BCUT2D eigenvalue weighted by molar-refractivity contribution is 5.79. The summed E-state index contributed by atoms with van der Waals surface area (Å²) in [7, 11) is 1.71. The number of ether oxygens (including phenoxy) is 2. The van der Waals surface area contributed by atoms with Crippen molar-refractivity contribution in [3.8, 4) is 0 Å². The average molecular weight is 288 g/mol. The molecular weight excluding hydrogens is 256 g/mol. The fourth-order valence-electron chi connectivity index (χ4n) is 2.10. The van der Waals surface area contributed by atoms with Crippen LogP contribution in [0.15, 0.2) is 0 Å². The van der Waals surface area contributed by atoms with Gasteiger partial charge in [0.2, 0.25) is 0 Å². The van der Waals surface area contributed by atoms with Crippen LogP contribution in [0.5, 0.6) is 0 Å². The maximum absolute atomic E-state index is 11.7. The summed E-state index contributed by atoms with van der Waals surface area (Å²) >= 11 is 0. The van der Waals surface area contributed by atoms with Crippen molar-refractivity contribution >= 4 is 5.97 Å². The first-order valence-corrected chi connectivity index (χ1v) is 7.50. The summed E-state index contributed by atoms with van der Waals surface area (Å²) < 4.78 is 10.1. The van der Waals surface area contributed by atoms with Crippen molar-refractivity contribution in [3.05, 3.63) is 0 Å². The van der Waals surface area contributed by atoms with Crippen molar-refractivity contribution in [2.75, 3.05) is 40.0 Å². The van der Waals surface area contributed by atoms with Gasteiger partial charge in [-0.2, -0.15) is 0 Å². The Kier molecular flexibility index (Phi) is 9.80. The highest BCUT2D eigenvalue weighted by atomic mass is 16.5. The van der Waals surface area contributed by atoms with E-state index in [1.54, 1.807) is 21.0 Å². The van der Waals surface area contributed by atoms with Gasteiger partial charge in [0.05, 0.1) is 13.2 Å². The van der Waals surface area contributed by atoms with E-state index < -0.39 is 5.54 Å². The molecule has 20 heavy (non-hydrogen) atoms. The molecular formula is C15H32N2O3. The summed E-state index contributed by atoms with van der Waals surface area (Å²) in [6, 6.07) is 0. The quantitative estimate of drug-likeness (QED) is 0.586. The third-order valence-electron chi connectivity index (χ3n) is 3.15. The Bertz CT molecular complexity index is 268. The number of nitrogens with zero attached hydrogens (tertiary/aromatic N) is 1. The van der Waals surface area contributed by atoms with Gasteiger partial charge in [0.1, 0.15) is 5.54 Å². The van der Waals surface area contributed by atoms with Gasteiger partial charge < -0.3 is 20.1 Å². The van der Waals surface area contributed by atoms with Crippen LogP contribution >= 0.6 is 0 Å². The van der Waals surface area contributed by atoms with Crippen LogP contribution in [0, 0.1) is 5.92 Å². The van der Waals surface area contributed by atoms with E-state index >= 15 is 0 Å². The molecule has 0 rings (SSSR count). The van der Waals surface area contributed by atoms with Crippen LogP contribution in [0.2, 0.25) is 0 Å². The van der Waals surface area contributed by atoms with E-state index in [1.165, 1.54) is 0 Å². The van der Waals surface area contributed by atoms with Crippen LogP contribution in [0.1, 0.15) is 40.5 Å². The molecule has 0 spiro atoms. The lowest BCUT2D eigenvalue weighted by atomic mass is 9.97. The van der Waals surface area contributed by atoms with Crippen molar-refractivity contribution in [1.29, 1.82) is 0 Å². The second-order valence-corrected chi connectivity index (χ2v) is 5.93. The van der Waals surface area contributed by atoms with Crippen LogP contribution in [0.4, 0.5) is 0 Å². The second kappa shape index (κ2) is 10.1. The van der Waals surface area contributed by atoms with Crippen LogP contribution in [0.25, 0.3) is 0 Å². The highest BCUT2D eigenvalue weighted by Gasteiger charge is 2.29. The number of nitrogens with two attached hydrogens (primary N) is 1. The molecule has 0 heterocycles. The standard InChI is InChI=1S/C15H32N2O3/c1-6-20-14(18)15(4,16)8-7-9-17(10-11-19-5)12-13(2)3/h13H,6-12,16H2,1-5H3. The van der Waals surface area contributed by atoms with E-state index in [4.69, 9.17) is 15.2 Å². The Labute approximate surface area is 123 Å². The van der Waals surface area contributed by atoms with Crippen molar-refractivity contribution in [1.82, 2.24) is 4.90 Å². The highest BCUT2D eigenvalue weighted by Crippen LogP contribution is 2.12. The molecule has 2 N–H and O–H groups in total. The molecule has 1 atom stereocenters. The molecule has 0 saturated carbocycles. The summed E-state index contributed by atoms with van der Waals surface area (Å²) in [5.74, 6) is 0.300. The zero-order chi connectivity index (χ0) is 15.6. The number of hydrogen-bond donors (Lipinski definition) is 1. The maximum Gasteiger partial charge on any atom is 0.325 e. The molecule has 120 valence electrons. The Morgan fingerprint density at radius 1 is 1.35 bits per heavy atom. The van der Waals surface area contributed by atoms with Gasteiger partial charge in [0, 0.05) is 20.2 Å². The summed E-state index contributed by atoms with van der Waals surface area (Å²) in [4.78, 5) is 14.1. The molecule has 0 fully saturated rings. The number of hydrogen-bond acceptors (Lipinski definition) is 5. The van der Waals surface area contributed by atoms with E-state index in [0.29, 0.717) is 18.9 Å². The molecule has 5 heteroatoms. The number of methoxy groups -OCH3 is 1. The van der Waals surface area contributed by atoms with E-state index in [0.717, 1.165) is 32.7 Å². The van der Waals surface area contributed by atoms with Crippen molar-refractivity contribution < 1.29 is 14.3 Å². The second-order valence-electron chi connectivity index (χ2n) is 5.93. The van der Waals surface area contributed by atoms with Gasteiger partial charge in [0.25, 0.3) is 0 Å². The summed E-state index contributed by atoms with van der Waals surface area (Å²) in [6.07, 6.45) is 1.51. The summed E-state index contributed by atoms with van der Waals surface area (Å²) in [5, 5.41) is 0. The first kappa shape index (κ1) is 19.4. The lowest BCUT2D eigenvalue weighted by Crippen LogP contribution is -2.46. The molecule has 0 amide bonds. The zero-order valence-electron chi connectivity index (χ0n) is 13.8. The molecule has 0 radical (unpaired) electrons. The Balaban J connectivity index is 4.16. The van der Waals surface area contributed by atoms with Gasteiger partial charge in [-0.3, -0.25) is 4.79 Å². The smallest absolute Gasteiger partial charge is 0.325 e. The number of carbonyl (C=O) groups is 1. The molecule has 1 unspecified atom stereocenters. The number of carbonyl (C=O) groups excluding carboxylic acids is 1. The Hall–Kier alpha value is -0.650. The molecule has 0 aliphatic rings. The SMILES string of the molecule is CCOC(=O)C(C)(N)CCCN(CCOC)CC(C)C. The fraction of sp³-hybridized carbons (Fsp3) is 0.933. The first-order valence-electron chi connectivity index (χ1n) is 7.50. The van der Waals surface area contributed by atoms with Gasteiger partial charge in [-0.15, -0.1) is 0 Å². The minimum absolute atomic E-state index is 0.313. The molecule has 0 aromatic rings. The predicted molar refractivity (Wildman–Crippen MR) is 81.6 cm³/mol. The van der Waals surface area contributed by atoms with Gasteiger partial charge in [-0.1, -0.05) is 13.8 Å². The summed E-state index contributed by atoms with van der Waals surface area (Å²) in [5.41, 5.74) is 5.13. The molecule has 0 aromatic carbocycles. The van der Waals surface area contributed by atoms with Crippen LogP contribution < -0.4 is 5.73 Å². The minimum Gasteiger partial charge on any atom is -0.465 e. The van der Waals surface area contributed by atoms with Gasteiger partial charge >= 0.3 is 5.97 Å². The third-order valence-corrected chi connectivity index (χ3v) is 3.15. The van der Waals surface area contributed by atoms with Crippen LogP contribution in [-0.2, 0) is 14.3 Å². The minimum atomic E-state index is -0.888. The van der Waals surface area contributed by atoms with Crippen molar-refractivity contribution in [2.45, 2.75) is 46.1 Å². The largest absolute Gasteiger partial charge is 0.465 e. The van der Waals surface area contributed by atoms with Gasteiger partial charge in [-0.05, 0) is 39.2 Å². The topological polar surface area (TPSA) is 64.8 Å². The van der Waals surface area contributed by atoms with Crippen LogP contribution in [-0.4, -0.2) is 56.4 Å². The predicted octanol–water partition coefficient (Wildman–Crippen LogP) is 1.65. The van der Waals surface area contributed by atoms with E-state index in [2.05, 4.69) is 18.7 Å². The lowest BCUT2D eigenvalue weighted by Gasteiger charge is -2.26. The number of rotatable bonds is 11. The van der Waals surface area contributed by atoms with Crippen molar-refractivity contribution in [2.24, 2.45) is 11.7 Å². The van der Waals surface area contributed by atoms with E-state index in [1.807, 2.05) is 0 Å². The Morgan fingerprint density at radius 2 is 2.00 bits per heavy atom. The number of esters is 1. The fourth-order valence-corrected chi connectivity index (χ4v) is 2.10. The van der Waals surface area contributed by atoms with Gasteiger partial charge in [0.15, 0.2) is 0 Å². The molecule has 0 aromatic heterocycles. The van der Waals surface area contributed by atoms with Crippen molar-refractivity contribution in [3.63, 3.8) is 0 Å². The molecule has 0 aliphatic carbocycles. The lowest BCUT2D eigenvalue weighted by molar-refractivity contribution is -0.149. The maximum atomic E-state index is 11.7. The monoisotopic (exact) mass is 288 g/mol. The third kappa shape index (κ3) is 8.51. The zero-order valence-corrected chi connectivity index (χ0v) is 13.8. The Morgan fingerprint density at radius 3 is 2.50 bits per heavy atom. The molecule has 0 aliphatic heterocycles. The molecule has 5 nitrogen and oxygen atoms in total. The molecule has 0 bridgehead atoms. The van der Waals surface area contributed by atoms with Gasteiger partial charge in [-0.25, -0.2) is 0 Å². The average Bonchev–Trinajstić information content (AvgIpc) is 2.35. The first-order chi connectivity index (χ1) is 9.33.